The zero-order chi connectivity index (χ0) is 20.6. The van der Waals surface area contributed by atoms with Gasteiger partial charge in [-0.05, 0) is 49.3 Å². The summed E-state index contributed by atoms with van der Waals surface area (Å²) in [6.45, 7) is 27.1. The van der Waals surface area contributed by atoms with E-state index in [1.165, 1.54) is 24.9 Å². The first-order chi connectivity index (χ1) is 12.3. The summed E-state index contributed by atoms with van der Waals surface area (Å²) in [7, 11) is -2.75. The predicted molar refractivity (Wildman–Crippen MR) is 127 cm³/mol. The highest BCUT2D eigenvalue weighted by molar-refractivity contribution is 6.77. The summed E-state index contributed by atoms with van der Waals surface area (Å²) in [5.41, 5.74) is 1.49. The van der Waals surface area contributed by atoms with Crippen molar-refractivity contribution in [1.82, 2.24) is 19.9 Å². The van der Waals surface area contributed by atoms with Gasteiger partial charge in [-0.3, -0.25) is 0 Å². The minimum atomic E-state index is -1.45. The van der Waals surface area contributed by atoms with Crippen LogP contribution < -0.4 is 19.9 Å². The van der Waals surface area contributed by atoms with Gasteiger partial charge >= 0.3 is 0 Å². The van der Waals surface area contributed by atoms with Gasteiger partial charge in [0.25, 0.3) is 0 Å². The van der Waals surface area contributed by atoms with Gasteiger partial charge in [-0.25, -0.2) is 0 Å². The lowest BCUT2D eigenvalue weighted by molar-refractivity contribution is 0.730. The van der Waals surface area contributed by atoms with Crippen molar-refractivity contribution in [2.24, 2.45) is 0 Å². The summed E-state index contributed by atoms with van der Waals surface area (Å²) in [5, 5.41) is 0. The van der Waals surface area contributed by atoms with Crippen LogP contribution >= 0.6 is 0 Å². The Morgan fingerprint density at radius 2 is 0.846 bits per heavy atom. The highest BCUT2D eigenvalue weighted by Gasteiger charge is 2.39. The third-order valence-electron chi connectivity index (χ3n) is 5.14. The SMILES string of the molecule is CCC[Si](CCC)(NCC)NCC.CCN[Si](NCC)(C(C)C)C(C)C. The van der Waals surface area contributed by atoms with E-state index in [2.05, 4.69) is 89.2 Å². The molecular formula is C20H52N4Si2. The van der Waals surface area contributed by atoms with Crippen molar-refractivity contribution in [2.75, 3.05) is 26.2 Å². The fourth-order valence-electron chi connectivity index (χ4n) is 4.20. The van der Waals surface area contributed by atoms with Crippen LogP contribution in [0, 0.1) is 0 Å². The first-order valence-corrected chi connectivity index (χ1v) is 15.8. The average Bonchev–Trinajstić information content (AvgIpc) is 2.55. The Balaban J connectivity index is 0. The van der Waals surface area contributed by atoms with E-state index in [1.807, 2.05) is 0 Å². The molecule has 6 heteroatoms. The standard InChI is InChI=1S/2C10H26N2Si/c1-7-11-13(9(3)4,10(5)6)12-8-2;1-5-9-13(10-6-2,11-7-3)12-8-4/h9-12H,7-8H2,1-6H3;11-12H,5-10H2,1-4H3. The monoisotopic (exact) mass is 404 g/mol. The van der Waals surface area contributed by atoms with Crippen molar-refractivity contribution in [3.05, 3.63) is 0 Å². The zero-order valence-electron chi connectivity index (χ0n) is 19.8. The van der Waals surface area contributed by atoms with E-state index in [0.717, 1.165) is 37.3 Å². The number of hydrogen-bond acceptors (Lipinski definition) is 4. The van der Waals surface area contributed by atoms with E-state index in [9.17, 15) is 0 Å². The van der Waals surface area contributed by atoms with Gasteiger partial charge in [0.2, 0.25) is 16.8 Å². The van der Waals surface area contributed by atoms with Crippen LogP contribution in [-0.2, 0) is 0 Å². The van der Waals surface area contributed by atoms with Crippen molar-refractivity contribution in [1.29, 1.82) is 0 Å². The Labute approximate surface area is 168 Å². The van der Waals surface area contributed by atoms with Crippen LogP contribution in [0.15, 0.2) is 0 Å². The van der Waals surface area contributed by atoms with Gasteiger partial charge in [0.15, 0.2) is 0 Å². The maximum Gasteiger partial charge on any atom is 0.206 e. The molecule has 0 aliphatic carbocycles. The minimum Gasteiger partial charge on any atom is -0.326 e. The molecule has 4 N–H and O–H groups in total. The lowest BCUT2D eigenvalue weighted by atomic mass is 10.5. The minimum absolute atomic E-state index is 0.743. The van der Waals surface area contributed by atoms with Crippen molar-refractivity contribution in [2.45, 2.75) is 105 Å². The number of nitrogens with one attached hydrogen (secondary N) is 4. The maximum atomic E-state index is 3.73. The summed E-state index contributed by atoms with van der Waals surface area (Å²) >= 11 is 0. The Bertz CT molecular complexity index is 267. The molecule has 0 aromatic carbocycles. The van der Waals surface area contributed by atoms with Crippen molar-refractivity contribution in [3.8, 4) is 0 Å². The molecule has 0 saturated heterocycles. The van der Waals surface area contributed by atoms with Crippen LogP contribution in [0.5, 0.6) is 0 Å². The van der Waals surface area contributed by atoms with E-state index < -0.39 is 16.8 Å². The number of hydrogen-bond donors (Lipinski definition) is 4. The molecule has 0 saturated carbocycles. The Morgan fingerprint density at radius 1 is 0.538 bits per heavy atom. The topological polar surface area (TPSA) is 48.1 Å². The number of rotatable bonds is 14. The Hall–Kier alpha value is 0.274. The first kappa shape index (κ1) is 28.5. The second kappa shape index (κ2) is 16.2. The van der Waals surface area contributed by atoms with Crippen LogP contribution in [0.1, 0.15) is 82.1 Å². The fourth-order valence-corrected chi connectivity index (χ4v) is 12.6. The first-order valence-electron chi connectivity index (χ1n) is 11.3. The molecule has 0 aromatic rings. The van der Waals surface area contributed by atoms with E-state index >= 15 is 0 Å². The molecule has 0 heterocycles. The molecule has 0 rings (SSSR count). The van der Waals surface area contributed by atoms with Crippen molar-refractivity contribution >= 4 is 16.8 Å². The smallest absolute Gasteiger partial charge is 0.206 e. The van der Waals surface area contributed by atoms with Crippen LogP contribution in [0.25, 0.3) is 0 Å². The van der Waals surface area contributed by atoms with Crippen LogP contribution in [0.3, 0.4) is 0 Å². The second-order valence-corrected chi connectivity index (χ2v) is 16.5. The van der Waals surface area contributed by atoms with Gasteiger partial charge in [0, 0.05) is 0 Å². The van der Waals surface area contributed by atoms with Gasteiger partial charge in [-0.2, -0.15) is 0 Å². The molecule has 26 heavy (non-hydrogen) atoms. The predicted octanol–water partition coefficient (Wildman–Crippen LogP) is 4.94. The molecule has 0 unspecified atom stereocenters. The van der Waals surface area contributed by atoms with Gasteiger partial charge in [0.1, 0.15) is 0 Å². The van der Waals surface area contributed by atoms with Gasteiger partial charge in [-0.1, -0.05) is 82.1 Å². The molecular weight excluding hydrogens is 352 g/mol. The molecule has 0 aromatic heterocycles. The molecule has 0 radical (unpaired) electrons. The molecule has 0 amide bonds. The fraction of sp³-hybridized carbons (Fsp3) is 1.00. The van der Waals surface area contributed by atoms with E-state index in [0.29, 0.717) is 0 Å². The summed E-state index contributed by atoms with van der Waals surface area (Å²) in [6.07, 6.45) is 2.60. The summed E-state index contributed by atoms with van der Waals surface area (Å²) in [6, 6.07) is 2.73. The Kier molecular flexibility index (Phi) is 17.8. The van der Waals surface area contributed by atoms with Crippen molar-refractivity contribution < 1.29 is 0 Å². The summed E-state index contributed by atoms with van der Waals surface area (Å²) < 4.78 is 0. The molecule has 160 valence electrons. The highest BCUT2D eigenvalue weighted by atomic mass is 28.4. The second-order valence-electron chi connectivity index (χ2n) is 7.88. The lowest BCUT2D eigenvalue weighted by Crippen LogP contribution is -2.66. The quantitative estimate of drug-likeness (QED) is 0.310. The third kappa shape index (κ3) is 9.99. The maximum absolute atomic E-state index is 3.73. The summed E-state index contributed by atoms with van der Waals surface area (Å²) in [4.78, 5) is 14.9. The van der Waals surface area contributed by atoms with Gasteiger partial charge in [-0.15, -0.1) is 0 Å². The molecule has 0 aliphatic rings. The molecule has 0 atom stereocenters. The van der Waals surface area contributed by atoms with Crippen LogP contribution in [0.4, 0.5) is 0 Å². The van der Waals surface area contributed by atoms with E-state index in [1.54, 1.807) is 0 Å². The normalized spacial score (nSPS) is 12.5. The summed E-state index contributed by atoms with van der Waals surface area (Å²) in [5.74, 6) is 0. The Morgan fingerprint density at radius 3 is 1.04 bits per heavy atom. The van der Waals surface area contributed by atoms with Crippen LogP contribution in [-0.4, -0.2) is 43.0 Å². The van der Waals surface area contributed by atoms with Crippen molar-refractivity contribution in [3.63, 3.8) is 0 Å². The lowest BCUT2D eigenvalue weighted by Gasteiger charge is -2.39. The van der Waals surface area contributed by atoms with E-state index in [4.69, 9.17) is 0 Å². The molecule has 0 fully saturated rings. The molecule has 0 spiro atoms. The zero-order valence-corrected chi connectivity index (χ0v) is 21.8. The van der Waals surface area contributed by atoms with E-state index in [-0.39, 0.29) is 0 Å². The molecule has 4 nitrogen and oxygen atoms in total. The molecule has 0 aliphatic heterocycles. The van der Waals surface area contributed by atoms with Crippen LogP contribution in [0.2, 0.25) is 23.2 Å². The van der Waals surface area contributed by atoms with Gasteiger partial charge in [0.05, 0.1) is 0 Å². The van der Waals surface area contributed by atoms with Gasteiger partial charge < -0.3 is 19.9 Å². The highest BCUT2D eigenvalue weighted by Crippen LogP contribution is 2.26. The average molecular weight is 405 g/mol. The third-order valence-corrected chi connectivity index (χ3v) is 15.4. The molecule has 0 bridgehead atoms. The largest absolute Gasteiger partial charge is 0.326 e.